The highest BCUT2D eigenvalue weighted by atomic mass is 16.4. The molecule has 0 aromatic heterocycles. The molecule has 4 heteroatoms. The maximum atomic E-state index is 9.86. The Kier molecular flexibility index (Phi) is 6.99. The minimum atomic E-state index is -0.845. The van der Waals surface area contributed by atoms with Crippen LogP contribution in [0.15, 0.2) is 11.6 Å². The number of aliphatic hydroxyl groups is 2. The van der Waals surface area contributed by atoms with E-state index >= 15 is 0 Å². The highest BCUT2D eigenvalue weighted by molar-refractivity contribution is 5.85. The molecule has 0 heterocycles. The summed E-state index contributed by atoms with van der Waals surface area (Å²) in [5, 5.41) is 25.9. The third kappa shape index (κ3) is 7.11. The summed E-state index contributed by atoms with van der Waals surface area (Å²) in [6, 6.07) is 0. The van der Waals surface area contributed by atoms with Gasteiger partial charge in [-0.15, -0.1) is 0 Å². The number of carbonyl (C=O) groups is 1. The number of aliphatic hydroxyl groups excluding tert-OH is 2. The lowest BCUT2D eigenvalue weighted by molar-refractivity contribution is -0.132. The molecule has 1 fully saturated rings. The van der Waals surface area contributed by atoms with Gasteiger partial charge in [-0.25, -0.2) is 4.79 Å². The Balaban J connectivity index is 0.000000265. The third-order valence-corrected chi connectivity index (χ3v) is 2.44. The summed E-state index contributed by atoms with van der Waals surface area (Å²) in [5.74, 6) is -0.845. The van der Waals surface area contributed by atoms with E-state index in [-0.39, 0.29) is 12.2 Å². The predicted octanol–water partition coefficient (Wildman–Crippen LogP) is 1.32. The van der Waals surface area contributed by atoms with Crippen molar-refractivity contribution in [2.24, 2.45) is 0 Å². The summed E-state index contributed by atoms with van der Waals surface area (Å²) in [7, 11) is 0. The summed E-state index contributed by atoms with van der Waals surface area (Å²) >= 11 is 0. The fourth-order valence-corrected chi connectivity index (χ4v) is 1.18. The van der Waals surface area contributed by atoms with Crippen molar-refractivity contribution in [3.63, 3.8) is 0 Å². The molecule has 0 bridgehead atoms. The van der Waals surface area contributed by atoms with E-state index in [1.54, 1.807) is 19.9 Å². The number of carboxylic acid groups (broad SMARTS) is 1. The van der Waals surface area contributed by atoms with E-state index in [2.05, 4.69) is 0 Å². The zero-order valence-corrected chi connectivity index (χ0v) is 9.31. The van der Waals surface area contributed by atoms with E-state index in [0.29, 0.717) is 5.57 Å². The van der Waals surface area contributed by atoms with Crippen LogP contribution in [0.5, 0.6) is 0 Å². The first-order chi connectivity index (χ1) is 6.97. The zero-order chi connectivity index (χ0) is 11.8. The SMILES string of the molecule is CC=C(C)C(=O)O.O[C@H]1CC[C@H](O)CC1. The molecule has 88 valence electrons. The summed E-state index contributed by atoms with van der Waals surface area (Å²) in [5.41, 5.74) is 0.389. The molecule has 0 saturated heterocycles. The molecule has 0 spiro atoms. The average molecular weight is 216 g/mol. The van der Waals surface area contributed by atoms with Gasteiger partial charge in [0.2, 0.25) is 0 Å². The molecule has 3 N–H and O–H groups in total. The predicted molar refractivity (Wildman–Crippen MR) is 57.5 cm³/mol. The van der Waals surface area contributed by atoms with Gasteiger partial charge in [0.1, 0.15) is 0 Å². The summed E-state index contributed by atoms with van der Waals surface area (Å²) in [6.45, 7) is 3.26. The van der Waals surface area contributed by atoms with Crippen molar-refractivity contribution < 1.29 is 20.1 Å². The maximum Gasteiger partial charge on any atom is 0.330 e. The molecule has 1 aliphatic carbocycles. The molecule has 1 saturated carbocycles. The Morgan fingerprint density at radius 2 is 1.47 bits per heavy atom. The normalized spacial score (nSPS) is 26.5. The van der Waals surface area contributed by atoms with Gasteiger partial charge in [-0.2, -0.15) is 0 Å². The van der Waals surface area contributed by atoms with Crippen molar-refractivity contribution in [2.45, 2.75) is 51.7 Å². The summed E-state index contributed by atoms with van der Waals surface area (Å²) < 4.78 is 0. The molecule has 0 aliphatic heterocycles. The maximum absolute atomic E-state index is 9.86. The van der Waals surface area contributed by atoms with Crippen LogP contribution in [-0.4, -0.2) is 33.5 Å². The number of hydrogen-bond acceptors (Lipinski definition) is 3. The van der Waals surface area contributed by atoms with Crippen molar-refractivity contribution in [3.8, 4) is 0 Å². The van der Waals surface area contributed by atoms with E-state index in [9.17, 15) is 4.79 Å². The van der Waals surface area contributed by atoms with E-state index < -0.39 is 5.97 Å². The average Bonchev–Trinajstić information content (AvgIpc) is 2.22. The van der Waals surface area contributed by atoms with Crippen molar-refractivity contribution in [2.75, 3.05) is 0 Å². The van der Waals surface area contributed by atoms with Crippen LogP contribution in [0.25, 0.3) is 0 Å². The number of rotatable bonds is 1. The molecule has 0 atom stereocenters. The van der Waals surface area contributed by atoms with Crippen molar-refractivity contribution in [1.82, 2.24) is 0 Å². The second kappa shape index (κ2) is 7.43. The summed E-state index contributed by atoms with van der Waals surface area (Å²) in [6.07, 6.45) is 4.39. The Bertz CT molecular complexity index is 205. The Morgan fingerprint density at radius 3 is 1.60 bits per heavy atom. The van der Waals surface area contributed by atoms with E-state index in [4.69, 9.17) is 15.3 Å². The quantitative estimate of drug-likeness (QED) is 0.578. The second-order valence-corrected chi connectivity index (χ2v) is 3.74. The van der Waals surface area contributed by atoms with Gasteiger partial charge in [0, 0.05) is 5.57 Å². The largest absolute Gasteiger partial charge is 0.478 e. The minimum absolute atomic E-state index is 0.140. The van der Waals surface area contributed by atoms with E-state index in [1.807, 2.05) is 0 Å². The van der Waals surface area contributed by atoms with Gasteiger partial charge in [0.25, 0.3) is 0 Å². The highest BCUT2D eigenvalue weighted by Gasteiger charge is 2.15. The van der Waals surface area contributed by atoms with Gasteiger partial charge in [-0.1, -0.05) is 6.08 Å². The molecule has 0 amide bonds. The summed E-state index contributed by atoms with van der Waals surface area (Å²) in [4.78, 5) is 9.86. The number of aliphatic carboxylic acids is 1. The third-order valence-electron chi connectivity index (χ3n) is 2.44. The lowest BCUT2D eigenvalue weighted by atomic mass is 9.95. The van der Waals surface area contributed by atoms with E-state index in [1.165, 1.54) is 0 Å². The van der Waals surface area contributed by atoms with Crippen molar-refractivity contribution in [3.05, 3.63) is 11.6 Å². The van der Waals surface area contributed by atoms with Gasteiger partial charge in [-0.05, 0) is 39.5 Å². The molecule has 0 aromatic rings. The first kappa shape index (κ1) is 14.1. The molecule has 1 aliphatic rings. The Hall–Kier alpha value is -0.870. The minimum Gasteiger partial charge on any atom is -0.478 e. The van der Waals surface area contributed by atoms with Crippen LogP contribution in [0, 0.1) is 0 Å². The zero-order valence-electron chi connectivity index (χ0n) is 9.31. The highest BCUT2D eigenvalue weighted by Crippen LogP contribution is 2.17. The van der Waals surface area contributed by atoms with Gasteiger partial charge in [-0.3, -0.25) is 0 Å². The first-order valence-electron chi connectivity index (χ1n) is 5.19. The Labute approximate surface area is 90.2 Å². The second-order valence-electron chi connectivity index (χ2n) is 3.74. The number of carboxylic acids is 1. The molecule has 15 heavy (non-hydrogen) atoms. The van der Waals surface area contributed by atoms with Crippen LogP contribution in [0.2, 0.25) is 0 Å². The standard InChI is InChI=1S/C6H12O2.C5H8O2/c7-5-1-2-6(8)4-3-5;1-3-4(2)5(6)7/h5-8H,1-4H2;3H,1-2H3,(H,6,7)/t5-,6-;. The number of hydrogen-bond donors (Lipinski definition) is 3. The van der Waals surface area contributed by atoms with Gasteiger partial charge >= 0.3 is 5.97 Å². The molecule has 0 radical (unpaired) electrons. The van der Waals surface area contributed by atoms with Crippen molar-refractivity contribution >= 4 is 5.97 Å². The molecular weight excluding hydrogens is 196 g/mol. The van der Waals surface area contributed by atoms with Crippen molar-refractivity contribution in [1.29, 1.82) is 0 Å². The topological polar surface area (TPSA) is 77.8 Å². The van der Waals surface area contributed by atoms with Gasteiger partial charge < -0.3 is 15.3 Å². The van der Waals surface area contributed by atoms with Crippen LogP contribution in [0.1, 0.15) is 39.5 Å². The van der Waals surface area contributed by atoms with Crippen LogP contribution >= 0.6 is 0 Å². The molecule has 0 aromatic carbocycles. The fraction of sp³-hybridized carbons (Fsp3) is 0.727. The van der Waals surface area contributed by atoms with Crippen LogP contribution < -0.4 is 0 Å². The van der Waals surface area contributed by atoms with Crippen LogP contribution in [0.4, 0.5) is 0 Å². The lowest BCUT2D eigenvalue weighted by Crippen LogP contribution is -2.21. The van der Waals surface area contributed by atoms with Crippen LogP contribution in [0.3, 0.4) is 0 Å². The molecule has 1 rings (SSSR count). The fourth-order valence-electron chi connectivity index (χ4n) is 1.18. The van der Waals surface area contributed by atoms with E-state index in [0.717, 1.165) is 25.7 Å². The molecule has 4 nitrogen and oxygen atoms in total. The Morgan fingerprint density at radius 1 is 1.13 bits per heavy atom. The van der Waals surface area contributed by atoms with Gasteiger partial charge in [0.15, 0.2) is 0 Å². The molecule has 0 unspecified atom stereocenters. The molecular formula is C11H20O4. The van der Waals surface area contributed by atoms with Gasteiger partial charge in [0.05, 0.1) is 12.2 Å². The smallest absolute Gasteiger partial charge is 0.330 e. The first-order valence-corrected chi connectivity index (χ1v) is 5.19. The number of allylic oxidation sites excluding steroid dienone is 1. The monoisotopic (exact) mass is 216 g/mol. The van der Waals surface area contributed by atoms with Crippen LogP contribution in [-0.2, 0) is 4.79 Å². The lowest BCUT2D eigenvalue weighted by Gasteiger charge is -2.20.